The third-order valence-electron chi connectivity index (χ3n) is 4.39. The van der Waals surface area contributed by atoms with E-state index < -0.39 is 0 Å². The van der Waals surface area contributed by atoms with E-state index in [1.165, 1.54) is 39.9 Å². The second kappa shape index (κ2) is 8.07. The Morgan fingerprint density at radius 1 is 1.04 bits per heavy atom. The maximum Gasteiger partial charge on any atom is 0.123 e. The zero-order valence-electron chi connectivity index (χ0n) is 15.1. The summed E-state index contributed by atoms with van der Waals surface area (Å²) in [6.07, 6.45) is 1.02. The van der Waals surface area contributed by atoms with Gasteiger partial charge in [-0.3, -0.25) is 0 Å². The van der Waals surface area contributed by atoms with Gasteiger partial charge in [-0.1, -0.05) is 23.8 Å². The van der Waals surface area contributed by atoms with Gasteiger partial charge in [0.2, 0.25) is 0 Å². The first-order chi connectivity index (χ1) is 12.0. The van der Waals surface area contributed by atoms with E-state index in [1.54, 1.807) is 0 Å². The van der Waals surface area contributed by atoms with E-state index in [9.17, 15) is 4.39 Å². The summed E-state index contributed by atoms with van der Waals surface area (Å²) in [5.41, 5.74) is 6.41. The number of rotatable bonds is 7. The summed E-state index contributed by atoms with van der Waals surface area (Å²) in [6.45, 7) is 3.17. The smallest absolute Gasteiger partial charge is 0.123 e. The zero-order valence-corrected chi connectivity index (χ0v) is 15.9. The van der Waals surface area contributed by atoms with Crippen LogP contribution in [0.15, 0.2) is 42.5 Å². The van der Waals surface area contributed by atoms with Gasteiger partial charge in [-0.15, -0.1) is 0 Å². The number of fused-ring (bicyclic) bond motifs is 1. The van der Waals surface area contributed by atoms with Crippen LogP contribution in [0.1, 0.15) is 22.4 Å². The van der Waals surface area contributed by atoms with Crippen LogP contribution < -0.4 is 0 Å². The Morgan fingerprint density at radius 2 is 1.80 bits per heavy atom. The molecule has 0 aliphatic carbocycles. The minimum absolute atomic E-state index is 0.174. The topological polar surface area (TPSA) is 19.0 Å². The molecule has 2 nitrogen and oxygen atoms in total. The molecule has 132 valence electrons. The van der Waals surface area contributed by atoms with Crippen molar-refractivity contribution in [2.75, 3.05) is 20.6 Å². The molecular formula is C21H25FN2S. The number of likely N-dealkylation sites (N-methyl/N-ethyl adjacent to an activating group) is 1. The van der Waals surface area contributed by atoms with Crippen LogP contribution in [0.3, 0.4) is 0 Å². The van der Waals surface area contributed by atoms with E-state index in [0.29, 0.717) is 0 Å². The Kier molecular flexibility index (Phi) is 5.82. The van der Waals surface area contributed by atoms with Crippen molar-refractivity contribution in [1.29, 1.82) is 0 Å². The van der Waals surface area contributed by atoms with Gasteiger partial charge >= 0.3 is 0 Å². The summed E-state index contributed by atoms with van der Waals surface area (Å²) < 4.78 is 13.0. The first-order valence-electron chi connectivity index (χ1n) is 8.60. The molecule has 25 heavy (non-hydrogen) atoms. The fourth-order valence-corrected chi connectivity index (χ4v) is 4.05. The van der Waals surface area contributed by atoms with Gasteiger partial charge in [0.25, 0.3) is 0 Å². The Morgan fingerprint density at radius 3 is 2.52 bits per heavy atom. The third-order valence-corrected chi connectivity index (χ3v) is 5.42. The largest absolute Gasteiger partial charge is 0.358 e. The SMILES string of the molecule is Cc1ccc2[nH]c(CCN(C)C)c(CSCc3ccc(F)cc3)c2c1. The maximum atomic E-state index is 13.0. The number of aromatic amines is 1. The summed E-state index contributed by atoms with van der Waals surface area (Å²) in [5.74, 6) is 1.68. The molecule has 2 aromatic carbocycles. The summed E-state index contributed by atoms with van der Waals surface area (Å²) in [7, 11) is 4.21. The van der Waals surface area contributed by atoms with Crippen molar-refractivity contribution < 1.29 is 4.39 Å². The number of benzene rings is 2. The Balaban J connectivity index is 1.78. The highest BCUT2D eigenvalue weighted by Crippen LogP contribution is 2.29. The number of hydrogen-bond acceptors (Lipinski definition) is 2. The minimum atomic E-state index is -0.174. The quantitative estimate of drug-likeness (QED) is 0.631. The van der Waals surface area contributed by atoms with Gasteiger partial charge in [0.1, 0.15) is 5.82 Å². The molecule has 3 aromatic rings. The third kappa shape index (κ3) is 4.65. The molecule has 0 spiro atoms. The molecule has 1 aromatic heterocycles. The highest BCUT2D eigenvalue weighted by atomic mass is 32.2. The molecule has 0 saturated heterocycles. The van der Waals surface area contributed by atoms with Crippen LogP contribution >= 0.6 is 11.8 Å². The lowest BCUT2D eigenvalue weighted by molar-refractivity contribution is 0.412. The van der Waals surface area contributed by atoms with Crippen molar-refractivity contribution in [3.63, 3.8) is 0 Å². The number of H-pyrrole nitrogens is 1. The second-order valence-electron chi connectivity index (χ2n) is 6.80. The molecule has 0 atom stereocenters. The lowest BCUT2D eigenvalue weighted by atomic mass is 10.1. The predicted octanol–water partition coefficient (Wildman–Crippen LogP) is 5.15. The van der Waals surface area contributed by atoms with Gasteiger partial charge in [-0.2, -0.15) is 11.8 Å². The molecule has 3 rings (SSSR count). The van der Waals surface area contributed by atoms with Crippen molar-refractivity contribution in [1.82, 2.24) is 9.88 Å². The Bertz CT molecular complexity index is 837. The number of aryl methyl sites for hydroxylation is 1. The number of hydrogen-bond donors (Lipinski definition) is 1. The molecule has 0 radical (unpaired) electrons. The van der Waals surface area contributed by atoms with Gasteiger partial charge in [-0.05, 0) is 56.4 Å². The minimum Gasteiger partial charge on any atom is -0.358 e. The van der Waals surface area contributed by atoms with Crippen molar-refractivity contribution >= 4 is 22.7 Å². The van der Waals surface area contributed by atoms with Crippen LogP contribution in [0.25, 0.3) is 10.9 Å². The van der Waals surface area contributed by atoms with Crippen molar-refractivity contribution in [2.24, 2.45) is 0 Å². The van der Waals surface area contributed by atoms with Crippen LogP contribution in [-0.4, -0.2) is 30.5 Å². The van der Waals surface area contributed by atoms with Crippen LogP contribution in [-0.2, 0) is 17.9 Å². The normalized spacial score (nSPS) is 11.6. The lowest BCUT2D eigenvalue weighted by Crippen LogP contribution is -2.15. The second-order valence-corrected chi connectivity index (χ2v) is 7.79. The van der Waals surface area contributed by atoms with Gasteiger partial charge in [-0.25, -0.2) is 4.39 Å². The first-order valence-corrected chi connectivity index (χ1v) is 9.75. The zero-order chi connectivity index (χ0) is 17.8. The number of nitrogens with zero attached hydrogens (tertiary/aromatic N) is 1. The molecule has 1 N–H and O–H groups in total. The van der Waals surface area contributed by atoms with Crippen molar-refractivity contribution in [2.45, 2.75) is 24.9 Å². The van der Waals surface area contributed by atoms with Gasteiger partial charge in [0.05, 0.1) is 0 Å². The summed E-state index contributed by atoms with van der Waals surface area (Å²) in [6, 6.07) is 13.4. The van der Waals surface area contributed by atoms with Crippen LogP contribution in [0.4, 0.5) is 4.39 Å². The molecule has 0 amide bonds. The van der Waals surface area contributed by atoms with E-state index in [2.05, 4.69) is 49.1 Å². The van der Waals surface area contributed by atoms with Gasteiger partial charge in [0, 0.05) is 41.1 Å². The fourth-order valence-electron chi connectivity index (χ4n) is 2.98. The van der Waals surface area contributed by atoms with E-state index in [-0.39, 0.29) is 5.82 Å². The van der Waals surface area contributed by atoms with E-state index >= 15 is 0 Å². The first kappa shape index (κ1) is 18.0. The van der Waals surface area contributed by atoms with Gasteiger partial charge in [0.15, 0.2) is 0 Å². The molecule has 4 heteroatoms. The van der Waals surface area contributed by atoms with Crippen molar-refractivity contribution in [3.8, 4) is 0 Å². The monoisotopic (exact) mass is 356 g/mol. The van der Waals surface area contributed by atoms with Crippen LogP contribution in [0.5, 0.6) is 0 Å². The molecule has 0 bridgehead atoms. The number of nitrogens with one attached hydrogen (secondary N) is 1. The molecular weight excluding hydrogens is 331 g/mol. The van der Waals surface area contributed by atoms with Crippen molar-refractivity contribution in [3.05, 3.63) is 70.7 Å². The standard InChI is InChI=1S/C21H25FN2S/c1-15-4-9-20-18(12-15)19(21(23-20)10-11-24(2)3)14-25-13-16-5-7-17(22)8-6-16/h4-9,12,23H,10-11,13-14H2,1-3H3. The molecule has 1 heterocycles. The summed E-state index contributed by atoms with van der Waals surface area (Å²) in [4.78, 5) is 5.83. The average Bonchev–Trinajstić information content (AvgIpc) is 2.92. The number of aromatic nitrogens is 1. The molecule has 0 fully saturated rings. The molecule has 0 aliphatic heterocycles. The molecule has 0 aliphatic rings. The highest BCUT2D eigenvalue weighted by Gasteiger charge is 2.12. The van der Waals surface area contributed by atoms with E-state index in [0.717, 1.165) is 30.0 Å². The predicted molar refractivity (Wildman–Crippen MR) is 107 cm³/mol. The van der Waals surface area contributed by atoms with Crippen LogP contribution in [0.2, 0.25) is 0 Å². The Hall–Kier alpha value is -1.78. The molecule has 0 saturated carbocycles. The van der Waals surface area contributed by atoms with E-state index in [4.69, 9.17) is 0 Å². The molecule has 0 unspecified atom stereocenters. The average molecular weight is 357 g/mol. The summed E-state index contributed by atoms with van der Waals surface area (Å²) in [5, 5.41) is 1.33. The lowest BCUT2D eigenvalue weighted by Gasteiger charge is -2.10. The van der Waals surface area contributed by atoms with E-state index in [1.807, 2.05) is 23.9 Å². The number of thioether (sulfide) groups is 1. The fraction of sp³-hybridized carbons (Fsp3) is 0.333. The maximum absolute atomic E-state index is 13.0. The van der Waals surface area contributed by atoms with Gasteiger partial charge < -0.3 is 9.88 Å². The number of halogens is 1. The Labute approximate surface area is 153 Å². The summed E-state index contributed by atoms with van der Waals surface area (Å²) >= 11 is 1.88. The van der Waals surface area contributed by atoms with Crippen LogP contribution in [0, 0.1) is 12.7 Å². The highest BCUT2D eigenvalue weighted by molar-refractivity contribution is 7.97.